The number of likely N-dealkylation sites (tertiary alicyclic amines) is 1. The van der Waals surface area contributed by atoms with Gasteiger partial charge in [-0.25, -0.2) is 4.39 Å². The molecule has 3 aliphatic rings. The lowest BCUT2D eigenvalue weighted by molar-refractivity contribution is -0.183. The second kappa shape index (κ2) is 6.08. The van der Waals surface area contributed by atoms with Crippen molar-refractivity contribution in [1.82, 2.24) is 9.88 Å². The van der Waals surface area contributed by atoms with Crippen LogP contribution in [0.4, 0.5) is 4.39 Å². The Morgan fingerprint density at radius 1 is 1.38 bits per heavy atom. The highest BCUT2D eigenvalue weighted by Crippen LogP contribution is 2.44. The number of alkyl halides is 1. The molecule has 1 saturated carbocycles. The molecular formula is C18H23FN2O3. The topological polar surface area (TPSA) is 51.7 Å². The number of rotatable bonds is 5. The molecule has 3 fully saturated rings. The number of hydrogen-bond donors (Lipinski definition) is 0. The van der Waals surface area contributed by atoms with Gasteiger partial charge in [-0.15, -0.1) is 0 Å². The second-order valence-electron chi connectivity index (χ2n) is 7.25. The van der Waals surface area contributed by atoms with Gasteiger partial charge < -0.3 is 14.4 Å². The standard InChI is InChI=1S/C18H23FN2O3/c19-17(5-1-6-17)16(22)21-12-18(13-21)15(4-9-24-18)11-23-10-14-2-7-20-8-3-14/h2-3,7-8,15H,1,4-6,9-13H2. The summed E-state index contributed by atoms with van der Waals surface area (Å²) in [5, 5.41) is 0. The van der Waals surface area contributed by atoms with Gasteiger partial charge in [0, 0.05) is 24.9 Å². The number of halogens is 1. The van der Waals surface area contributed by atoms with Crippen LogP contribution in [-0.2, 0) is 20.9 Å². The molecule has 24 heavy (non-hydrogen) atoms. The maximum Gasteiger partial charge on any atom is 0.260 e. The molecular weight excluding hydrogens is 311 g/mol. The number of carbonyl (C=O) groups excluding carboxylic acids is 1. The molecule has 0 bridgehead atoms. The van der Waals surface area contributed by atoms with Crippen molar-refractivity contribution in [3.8, 4) is 0 Å². The van der Waals surface area contributed by atoms with Gasteiger partial charge in [0.1, 0.15) is 5.60 Å². The highest BCUT2D eigenvalue weighted by atomic mass is 19.1. The van der Waals surface area contributed by atoms with Crippen molar-refractivity contribution in [2.75, 3.05) is 26.3 Å². The summed E-state index contributed by atoms with van der Waals surface area (Å²) in [5.74, 6) is -0.0772. The minimum atomic E-state index is -1.60. The average molecular weight is 334 g/mol. The summed E-state index contributed by atoms with van der Waals surface area (Å²) < 4.78 is 26.0. The Hall–Kier alpha value is -1.53. The lowest BCUT2D eigenvalue weighted by Gasteiger charge is -2.52. The number of carbonyl (C=O) groups is 1. The fourth-order valence-corrected chi connectivity index (χ4v) is 3.90. The van der Waals surface area contributed by atoms with E-state index in [0.29, 0.717) is 45.8 Å². The van der Waals surface area contributed by atoms with E-state index in [2.05, 4.69) is 4.98 Å². The molecule has 2 saturated heterocycles. The van der Waals surface area contributed by atoms with Crippen LogP contribution in [0.3, 0.4) is 0 Å². The molecule has 1 amide bonds. The quantitative estimate of drug-likeness (QED) is 0.828. The molecule has 1 spiro atoms. The van der Waals surface area contributed by atoms with Gasteiger partial charge in [-0.3, -0.25) is 9.78 Å². The van der Waals surface area contributed by atoms with Gasteiger partial charge in [0.25, 0.3) is 5.91 Å². The monoisotopic (exact) mass is 334 g/mol. The molecule has 0 N–H and O–H groups in total. The number of amides is 1. The number of nitrogens with zero attached hydrogens (tertiary/aromatic N) is 2. The van der Waals surface area contributed by atoms with Crippen LogP contribution < -0.4 is 0 Å². The summed E-state index contributed by atoms with van der Waals surface area (Å²) in [7, 11) is 0. The molecule has 0 radical (unpaired) electrons. The molecule has 1 aromatic heterocycles. The van der Waals surface area contributed by atoms with Gasteiger partial charge in [0.15, 0.2) is 5.67 Å². The number of ether oxygens (including phenoxy) is 2. The minimum Gasteiger partial charge on any atom is -0.376 e. The van der Waals surface area contributed by atoms with Gasteiger partial charge in [0.2, 0.25) is 0 Å². The average Bonchev–Trinajstić information content (AvgIpc) is 2.95. The maximum absolute atomic E-state index is 14.3. The highest BCUT2D eigenvalue weighted by Gasteiger charge is 2.58. The van der Waals surface area contributed by atoms with Crippen LogP contribution in [0, 0.1) is 5.92 Å². The molecule has 1 aromatic rings. The molecule has 1 unspecified atom stereocenters. The Bertz CT molecular complexity index is 600. The van der Waals surface area contributed by atoms with Crippen LogP contribution in [0.5, 0.6) is 0 Å². The predicted molar refractivity (Wildman–Crippen MR) is 85.0 cm³/mol. The molecule has 1 atom stereocenters. The number of pyridine rings is 1. The zero-order chi connectivity index (χ0) is 16.6. The van der Waals surface area contributed by atoms with Crippen LogP contribution in [0.25, 0.3) is 0 Å². The smallest absolute Gasteiger partial charge is 0.260 e. The van der Waals surface area contributed by atoms with Crippen molar-refractivity contribution >= 4 is 5.91 Å². The number of aromatic nitrogens is 1. The van der Waals surface area contributed by atoms with Crippen molar-refractivity contribution in [2.24, 2.45) is 5.92 Å². The summed E-state index contributed by atoms with van der Waals surface area (Å²) in [5.41, 5.74) is -0.839. The molecule has 130 valence electrons. The molecule has 6 heteroatoms. The fourth-order valence-electron chi connectivity index (χ4n) is 3.90. The van der Waals surface area contributed by atoms with Crippen LogP contribution in [-0.4, -0.2) is 53.4 Å². The first-order valence-electron chi connectivity index (χ1n) is 8.70. The summed E-state index contributed by atoms with van der Waals surface area (Å²) in [4.78, 5) is 17.8. The highest BCUT2D eigenvalue weighted by molar-refractivity contribution is 5.87. The molecule has 3 heterocycles. The van der Waals surface area contributed by atoms with E-state index in [1.807, 2.05) is 12.1 Å². The van der Waals surface area contributed by atoms with Crippen LogP contribution in [0.1, 0.15) is 31.2 Å². The van der Waals surface area contributed by atoms with E-state index in [9.17, 15) is 9.18 Å². The first kappa shape index (κ1) is 16.0. The number of hydrogen-bond acceptors (Lipinski definition) is 4. The van der Waals surface area contributed by atoms with E-state index < -0.39 is 5.67 Å². The molecule has 2 aliphatic heterocycles. The molecule has 5 nitrogen and oxygen atoms in total. The Balaban J connectivity index is 1.29. The van der Waals surface area contributed by atoms with Gasteiger partial charge in [-0.2, -0.15) is 0 Å². The zero-order valence-corrected chi connectivity index (χ0v) is 13.7. The van der Waals surface area contributed by atoms with Crippen molar-refractivity contribution in [2.45, 2.75) is 43.6 Å². The van der Waals surface area contributed by atoms with Crippen molar-refractivity contribution in [1.29, 1.82) is 0 Å². The van der Waals surface area contributed by atoms with Gasteiger partial charge in [-0.05, 0) is 43.4 Å². The zero-order valence-electron chi connectivity index (χ0n) is 13.7. The van der Waals surface area contributed by atoms with Gasteiger partial charge in [-0.1, -0.05) is 0 Å². The third-order valence-electron chi connectivity index (χ3n) is 5.67. The van der Waals surface area contributed by atoms with E-state index in [1.165, 1.54) is 0 Å². The van der Waals surface area contributed by atoms with E-state index in [0.717, 1.165) is 18.4 Å². The molecule has 4 rings (SSSR count). The van der Waals surface area contributed by atoms with Gasteiger partial charge >= 0.3 is 0 Å². The third kappa shape index (κ3) is 2.71. The summed E-state index contributed by atoms with van der Waals surface area (Å²) in [6.45, 7) is 2.84. The Morgan fingerprint density at radius 3 is 2.79 bits per heavy atom. The lowest BCUT2D eigenvalue weighted by atomic mass is 9.76. The second-order valence-corrected chi connectivity index (χ2v) is 7.25. The molecule has 1 aliphatic carbocycles. The molecule has 0 aromatic carbocycles. The third-order valence-corrected chi connectivity index (χ3v) is 5.67. The van der Waals surface area contributed by atoms with Crippen molar-refractivity contribution in [3.63, 3.8) is 0 Å². The van der Waals surface area contributed by atoms with E-state index in [4.69, 9.17) is 9.47 Å². The van der Waals surface area contributed by atoms with Crippen molar-refractivity contribution in [3.05, 3.63) is 30.1 Å². The van der Waals surface area contributed by atoms with Crippen LogP contribution in [0.2, 0.25) is 0 Å². The first-order chi connectivity index (χ1) is 11.6. The maximum atomic E-state index is 14.3. The largest absolute Gasteiger partial charge is 0.376 e. The summed E-state index contributed by atoms with van der Waals surface area (Å²) >= 11 is 0. The van der Waals surface area contributed by atoms with E-state index in [1.54, 1.807) is 17.3 Å². The SMILES string of the molecule is O=C(N1CC2(C1)OCCC2COCc1ccncc1)C1(F)CCC1. The van der Waals surface area contributed by atoms with Crippen LogP contribution in [0.15, 0.2) is 24.5 Å². The van der Waals surface area contributed by atoms with E-state index >= 15 is 0 Å². The lowest BCUT2D eigenvalue weighted by Crippen LogP contribution is -2.69. The summed E-state index contributed by atoms with van der Waals surface area (Å²) in [6, 6.07) is 3.87. The Morgan fingerprint density at radius 2 is 2.12 bits per heavy atom. The Kier molecular flexibility index (Phi) is 4.04. The fraction of sp³-hybridized carbons (Fsp3) is 0.667. The van der Waals surface area contributed by atoms with E-state index in [-0.39, 0.29) is 17.4 Å². The van der Waals surface area contributed by atoms with Crippen LogP contribution >= 0.6 is 0 Å². The predicted octanol–water partition coefficient (Wildman–Crippen LogP) is 2.11. The normalized spacial score (nSPS) is 26.9. The van der Waals surface area contributed by atoms with Crippen molar-refractivity contribution < 1.29 is 18.7 Å². The Labute approximate surface area is 141 Å². The first-order valence-corrected chi connectivity index (χ1v) is 8.70. The van der Waals surface area contributed by atoms with Gasteiger partial charge in [0.05, 0.1) is 26.3 Å². The minimum absolute atomic E-state index is 0.264. The summed E-state index contributed by atoms with van der Waals surface area (Å²) in [6.07, 6.45) is 5.98.